The molecule has 1 rings (SSSR count). The number of carboxylic acids is 1. The van der Waals surface area contributed by atoms with Gasteiger partial charge in [-0.3, -0.25) is 4.79 Å². The molecule has 0 amide bonds. The van der Waals surface area contributed by atoms with Crippen LogP contribution in [0, 0.1) is 0 Å². The lowest BCUT2D eigenvalue weighted by Gasteiger charge is -1.99. The summed E-state index contributed by atoms with van der Waals surface area (Å²) in [6.07, 6.45) is -0.405. The summed E-state index contributed by atoms with van der Waals surface area (Å²) in [5, 5.41) is 19.3. The summed E-state index contributed by atoms with van der Waals surface area (Å²) in [6.45, 7) is 1.71. The number of carboxylic acid groups (broad SMARTS) is 1. The van der Waals surface area contributed by atoms with Crippen molar-refractivity contribution in [3.05, 3.63) is 11.1 Å². The zero-order chi connectivity index (χ0) is 10.6. The molecular formula is C8H11NO3S2. The van der Waals surface area contributed by atoms with Gasteiger partial charge in [-0.05, 0) is 6.92 Å². The van der Waals surface area contributed by atoms with Crippen molar-refractivity contribution in [3.8, 4) is 0 Å². The molecule has 0 radical (unpaired) electrons. The molecule has 0 saturated heterocycles. The van der Waals surface area contributed by atoms with Crippen molar-refractivity contribution in [1.29, 1.82) is 0 Å². The number of hydrogen-bond donors (Lipinski definition) is 2. The Hall–Kier alpha value is -0.590. The largest absolute Gasteiger partial charge is 0.481 e. The molecular weight excluding hydrogens is 222 g/mol. The predicted molar refractivity (Wildman–Crippen MR) is 55.9 cm³/mol. The monoisotopic (exact) mass is 233 g/mol. The van der Waals surface area contributed by atoms with Crippen LogP contribution in [0.15, 0.2) is 9.72 Å². The first-order valence-electron chi connectivity index (χ1n) is 4.05. The van der Waals surface area contributed by atoms with Gasteiger partial charge < -0.3 is 10.2 Å². The van der Waals surface area contributed by atoms with Gasteiger partial charge in [-0.25, -0.2) is 4.98 Å². The van der Waals surface area contributed by atoms with Gasteiger partial charge in [0.05, 0.1) is 18.2 Å². The van der Waals surface area contributed by atoms with E-state index in [4.69, 9.17) is 10.2 Å². The maximum Gasteiger partial charge on any atom is 0.309 e. The van der Waals surface area contributed by atoms with Gasteiger partial charge in [0.1, 0.15) is 4.34 Å². The third-order valence-corrected chi connectivity index (χ3v) is 3.62. The van der Waals surface area contributed by atoms with E-state index in [0.29, 0.717) is 11.4 Å². The highest BCUT2D eigenvalue weighted by atomic mass is 32.2. The zero-order valence-corrected chi connectivity index (χ0v) is 9.27. The number of thiazole rings is 1. The van der Waals surface area contributed by atoms with Gasteiger partial charge in [0, 0.05) is 11.1 Å². The van der Waals surface area contributed by atoms with Crippen LogP contribution < -0.4 is 0 Å². The summed E-state index contributed by atoms with van der Waals surface area (Å²) < 4.78 is 0.808. The Morgan fingerprint density at radius 3 is 3.07 bits per heavy atom. The van der Waals surface area contributed by atoms with E-state index in [-0.39, 0.29) is 12.5 Å². The quantitative estimate of drug-likeness (QED) is 0.749. The molecule has 1 heterocycles. The van der Waals surface area contributed by atoms with Crippen molar-refractivity contribution in [2.75, 3.05) is 5.75 Å². The summed E-state index contributed by atoms with van der Waals surface area (Å²) in [5.41, 5.74) is 0.579. The summed E-state index contributed by atoms with van der Waals surface area (Å²) in [4.78, 5) is 14.5. The Balaban J connectivity index is 2.46. The Labute approximate surface area is 90.0 Å². The standard InChI is InChI=1S/C8H11NO3S2/c1-5(10)3-13-8-9-6(4-14-8)2-7(11)12/h4-5,10H,2-3H2,1H3,(H,11,12). The van der Waals surface area contributed by atoms with E-state index in [0.717, 1.165) is 4.34 Å². The van der Waals surface area contributed by atoms with Gasteiger partial charge >= 0.3 is 5.97 Å². The second-order valence-corrected chi connectivity index (χ2v) is 4.96. The lowest BCUT2D eigenvalue weighted by Crippen LogP contribution is -2.02. The number of hydrogen-bond acceptors (Lipinski definition) is 5. The zero-order valence-electron chi connectivity index (χ0n) is 7.64. The van der Waals surface area contributed by atoms with E-state index in [2.05, 4.69) is 4.98 Å². The van der Waals surface area contributed by atoms with Crippen LogP contribution in [-0.4, -0.2) is 33.0 Å². The maximum absolute atomic E-state index is 10.4. The minimum Gasteiger partial charge on any atom is -0.481 e. The third-order valence-electron chi connectivity index (χ3n) is 1.31. The summed E-state index contributed by atoms with van der Waals surface area (Å²) in [6, 6.07) is 0. The highest BCUT2D eigenvalue weighted by Crippen LogP contribution is 2.23. The Bertz CT molecular complexity index is 311. The Morgan fingerprint density at radius 1 is 1.79 bits per heavy atom. The Kier molecular flexibility index (Phi) is 4.37. The van der Waals surface area contributed by atoms with E-state index < -0.39 is 5.97 Å². The molecule has 1 atom stereocenters. The van der Waals surface area contributed by atoms with Crippen molar-refractivity contribution in [2.24, 2.45) is 0 Å². The SMILES string of the molecule is CC(O)CSc1nc(CC(=O)O)cs1. The van der Waals surface area contributed by atoms with Crippen LogP contribution >= 0.6 is 23.1 Å². The molecule has 0 aliphatic heterocycles. The van der Waals surface area contributed by atoms with Crippen molar-refractivity contribution < 1.29 is 15.0 Å². The van der Waals surface area contributed by atoms with E-state index in [1.54, 1.807) is 12.3 Å². The van der Waals surface area contributed by atoms with Crippen LogP contribution in [0.5, 0.6) is 0 Å². The van der Waals surface area contributed by atoms with Crippen molar-refractivity contribution >= 4 is 29.1 Å². The number of aromatic nitrogens is 1. The minimum atomic E-state index is -0.873. The second kappa shape index (κ2) is 5.33. The van der Waals surface area contributed by atoms with Crippen molar-refractivity contribution in [2.45, 2.75) is 23.8 Å². The fourth-order valence-electron chi connectivity index (χ4n) is 0.783. The lowest BCUT2D eigenvalue weighted by atomic mass is 10.3. The lowest BCUT2D eigenvalue weighted by molar-refractivity contribution is -0.136. The number of nitrogens with zero attached hydrogens (tertiary/aromatic N) is 1. The van der Waals surface area contributed by atoms with Gasteiger partial charge in [-0.15, -0.1) is 11.3 Å². The van der Waals surface area contributed by atoms with Gasteiger partial charge in [0.2, 0.25) is 0 Å². The van der Waals surface area contributed by atoms with E-state index >= 15 is 0 Å². The average molecular weight is 233 g/mol. The first-order valence-corrected chi connectivity index (χ1v) is 5.91. The fourth-order valence-corrected chi connectivity index (χ4v) is 2.51. The maximum atomic E-state index is 10.4. The second-order valence-electron chi connectivity index (χ2n) is 2.84. The summed E-state index contributed by atoms with van der Waals surface area (Å²) >= 11 is 2.85. The van der Waals surface area contributed by atoms with Gasteiger partial charge in [-0.1, -0.05) is 11.8 Å². The van der Waals surface area contributed by atoms with Crippen LogP contribution in [0.1, 0.15) is 12.6 Å². The number of rotatable bonds is 5. The number of carbonyl (C=O) groups is 1. The smallest absolute Gasteiger partial charge is 0.309 e. The van der Waals surface area contributed by atoms with Gasteiger partial charge in [0.25, 0.3) is 0 Å². The normalized spacial score (nSPS) is 12.7. The molecule has 0 aromatic carbocycles. The molecule has 0 saturated carbocycles. The molecule has 2 N–H and O–H groups in total. The average Bonchev–Trinajstić information content (AvgIpc) is 2.47. The first-order chi connectivity index (χ1) is 6.58. The van der Waals surface area contributed by atoms with Crippen LogP contribution in [-0.2, 0) is 11.2 Å². The molecule has 0 fully saturated rings. The predicted octanol–water partition coefficient (Wildman–Crippen LogP) is 1.24. The highest BCUT2D eigenvalue weighted by Gasteiger charge is 2.07. The van der Waals surface area contributed by atoms with Crippen LogP contribution in [0.25, 0.3) is 0 Å². The minimum absolute atomic E-state index is 0.0360. The fraction of sp³-hybridized carbons (Fsp3) is 0.500. The summed E-state index contributed by atoms with van der Waals surface area (Å²) in [5.74, 6) is -0.289. The topological polar surface area (TPSA) is 70.4 Å². The number of aliphatic hydroxyl groups is 1. The Morgan fingerprint density at radius 2 is 2.50 bits per heavy atom. The van der Waals surface area contributed by atoms with Crippen molar-refractivity contribution in [3.63, 3.8) is 0 Å². The number of aliphatic carboxylic acids is 1. The molecule has 0 bridgehead atoms. The third kappa shape index (κ3) is 4.08. The molecule has 4 nitrogen and oxygen atoms in total. The molecule has 78 valence electrons. The molecule has 14 heavy (non-hydrogen) atoms. The number of aliphatic hydroxyl groups excluding tert-OH is 1. The molecule has 0 spiro atoms. The molecule has 6 heteroatoms. The van der Waals surface area contributed by atoms with Crippen molar-refractivity contribution in [1.82, 2.24) is 4.98 Å². The first kappa shape index (κ1) is 11.5. The van der Waals surface area contributed by atoms with Gasteiger partial charge in [-0.2, -0.15) is 0 Å². The molecule has 0 aliphatic carbocycles. The van der Waals surface area contributed by atoms with E-state index in [9.17, 15) is 4.79 Å². The molecule has 1 aromatic rings. The van der Waals surface area contributed by atoms with Crippen LogP contribution in [0.4, 0.5) is 0 Å². The van der Waals surface area contributed by atoms with E-state index in [1.165, 1.54) is 23.1 Å². The molecule has 1 aromatic heterocycles. The number of thioether (sulfide) groups is 1. The molecule has 0 aliphatic rings. The highest BCUT2D eigenvalue weighted by molar-refractivity contribution is 8.01. The van der Waals surface area contributed by atoms with Gasteiger partial charge in [0.15, 0.2) is 0 Å². The molecule has 1 unspecified atom stereocenters. The van der Waals surface area contributed by atoms with Crippen LogP contribution in [0.2, 0.25) is 0 Å². The summed E-state index contributed by atoms with van der Waals surface area (Å²) in [7, 11) is 0. The van der Waals surface area contributed by atoms with Crippen LogP contribution in [0.3, 0.4) is 0 Å². The van der Waals surface area contributed by atoms with E-state index in [1.807, 2.05) is 0 Å².